The van der Waals surface area contributed by atoms with Crippen LogP contribution in [0, 0.1) is 0 Å². The number of fused-ring (bicyclic) bond motifs is 1. The predicted molar refractivity (Wildman–Crippen MR) is 119 cm³/mol. The fourth-order valence-electron chi connectivity index (χ4n) is 3.40. The van der Waals surface area contributed by atoms with Crippen LogP contribution in [-0.4, -0.2) is 29.4 Å². The van der Waals surface area contributed by atoms with Crippen LogP contribution in [0.15, 0.2) is 77.6 Å². The van der Waals surface area contributed by atoms with E-state index in [-0.39, 0.29) is 35.0 Å². The van der Waals surface area contributed by atoms with E-state index in [4.69, 9.17) is 4.74 Å². The SMILES string of the molecule is COc1ccc(NC(=O)c2nn(Cc3ccccc3)c(=O)c3ccccc23)cc1OC(F)F. The van der Waals surface area contributed by atoms with Crippen molar-refractivity contribution in [3.05, 3.63) is 94.4 Å². The Morgan fingerprint density at radius 1 is 1.00 bits per heavy atom. The van der Waals surface area contributed by atoms with Crippen molar-refractivity contribution >= 4 is 22.4 Å². The van der Waals surface area contributed by atoms with Gasteiger partial charge in [0.1, 0.15) is 0 Å². The van der Waals surface area contributed by atoms with Crippen molar-refractivity contribution in [1.82, 2.24) is 9.78 Å². The lowest BCUT2D eigenvalue weighted by molar-refractivity contribution is -0.0511. The number of carbonyl (C=O) groups is 1. The highest BCUT2D eigenvalue weighted by atomic mass is 19.3. The fraction of sp³-hybridized carbons (Fsp3) is 0.125. The molecule has 1 amide bonds. The number of ether oxygens (including phenoxy) is 2. The Balaban J connectivity index is 1.72. The van der Waals surface area contributed by atoms with E-state index in [0.29, 0.717) is 10.8 Å². The average Bonchev–Trinajstić information content (AvgIpc) is 2.81. The van der Waals surface area contributed by atoms with E-state index in [0.717, 1.165) is 5.56 Å². The van der Waals surface area contributed by atoms with Crippen molar-refractivity contribution in [3.63, 3.8) is 0 Å². The van der Waals surface area contributed by atoms with Crippen molar-refractivity contribution in [3.8, 4) is 11.5 Å². The molecule has 0 aliphatic rings. The minimum absolute atomic E-state index is 0.0216. The zero-order valence-corrected chi connectivity index (χ0v) is 17.5. The van der Waals surface area contributed by atoms with Crippen LogP contribution in [0.4, 0.5) is 14.5 Å². The number of nitrogens with one attached hydrogen (secondary N) is 1. The molecule has 0 bridgehead atoms. The molecule has 0 radical (unpaired) electrons. The summed E-state index contributed by atoms with van der Waals surface area (Å²) in [7, 11) is 1.32. The molecule has 4 aromatic rings. The third-order valence-corrected chi connectivity index (χ3v) is 4.90. The fourth-order valence-corrected chi connectivity index (χ4v) is 3.40. The summed E-state index contributed by atoms with van der Waals surface area (Å²) in [5.74, 6) is -0.744. The monoisotopic (exact) mass is 451 g/mol. The van der Waals surface area contributed by atoms with Crippen molar-refractivity contribution < 1.29 is 23.0 Å². The molecule has 0 aliphatic carbocycles. The summed E-state index contributed by atoms with van der Waals surface area (Å²) < 4.78 is 36.2. The molecule has 9 heteroatoms. The van der Waals surface area contributed by atoms with Gasteiger partial charge >= 0.3 is 6.61 Å². The molecular formula is C24H19F2N3O4. The summed E-state index contributed by atoms with van der Waals surface area (Å²) in [6.45, 7) is -2.88. The van der Waals surface area contributed by atoms with Gasteiger partial charge in [0.25, 0.3) is 11.5 Å². The van der Waals surface area contributed by atoms with E-state index in [9.17, 15) is 18.4 Å². The lowest BCUT2D eigenvalue weighted by Gasteiger charge is -2.13. The van der Waals surface area contributed by atoms with E-state index in [2.05, 4.69) is 15.2 Å². The minimum Gasteiger partial charge on any atom is -0.493 e. The van der Waals surface area contributed by atoms with Gasteiger partial charge < -0.3 is 14.8 Å². The summed E-state index contributed by atoms with van der Waals surface area (Å²) in [6, 6.07) is 20.0. The van der Waals surface area contributed by atoms with Gasteiger partial charge in [0.05, 0.1) is 19.0 Å². The highest BCUT2D eigenvalue weighted by Gasteiger charge is 2.18. The number of nitrogens with zero attached hydrogens (tertiary/aromatic N) is 2. The van der Waals surface area contributed by atoms with E-state index in [1.807, 2.05) is 30.3 Å². The van der Waals surface area contributed by atoms with Crippen LogP contribution < -0.4 is 20.3 Å². The first-order valence-electron chi connectivity index (χ1n) is 9.94. The van der Waals surface area contributed by atoms with Crippen LogP contribution in [0.3, 0.4) is 0 Å². The number of benzene rings is 3. The van der Waals surface area contributed by atoms with Crippen LogP contribution in [0.5, 0.6) is 11.5 Å². The molecule has 0 spiro atoms. The summed E-state index contributed by atoms with van der Waals surface area (Å²) >= 11 is 0. The van der Waals surface area contributed by atoms with Crippen LogP contribution in [0.25, 0.3) is 10.8 Å². The highest BCUT2D eigenvalue weighted by Crippen LogP contribution is 2.31. The normalized spacial score (nSPS) is 10.9. The summed E-state index contributed by atoms with van der Waals surface area (Å²) in [4.78, 5) is 26.1. The standard InChI is InChI=1S/C24H19F2N3O4/c1-32-19-12-11-16(13-20(19)33-24(25)26)27-22(30)21-17-9-5-6-10-18(17)23(31)29(28-21)14-15-7-3-2-4-8-15/h2-13,24H,14H2,1H3,(H,27,30). The first kappa shape index (κ1) is 21.9. The topological polar surface area (TPSA) is 82.5 Å². The summed E-state index contributed by atoms with van der Waals surface area (Å²) in [6.07, 6.45) is 0. The Bertz CT molecular complexity index is 1360. The van der Waals surface area contributed by atoms with Gasteiger partial charge in [-0.3, -0.25) is 9.59 Å². The van der Waals surface area contributed by atoms with Gasteiger partial charge in [-0.05, 0) is 23.8 Å². The number of alkyl halides is 2. The number of carbonyl (C=O) groups excluding carboxylic acids is 1. The van der Waals surface area contributed by atoms with E-state index >= 15 is 0 Å². The number of methoxy groups -OCH3 is 1. The highest BCUT2D eigenvalue weighted by molar-refractivity contribution is 6.11. The number of anilines is 1. The van der Waals surface area contributed by atoms with Gasteiger partial charge in [-0.25, -0.2) is 4.68 Å². The quantitative estimate of drug-likeness (QED) is 0.453. The van der Waals surface area contributed by atoms with Crippen molar-refractivity contribution in [2.45, 2.75) is 13.2 Å². The number of hydrogen-bond acceptors (Lipinski definition) is 5. The molecular weight excluding hydrogens is 432 g/mol. The van der Waals surface area contributed by atoms with Gasteiger partial charge in [-0.15, -0.1) is 0 Å². The first-order valence-corrected chi connectivity index (χ1v) is 9.94. The molecule has 1 aromatic heterocycles. The molecule has 4 rings (SSSR count). The molecule has 0 fully saturated rings. The molecule has 3 aromatic carbocycles. The molecule has 0 aliphatic heterocycles. The molecule has 168 valence electrons. The maximum absolute atomic E-state index is 13.1. The maximum Gasteiger partial charge on any atom is 0.387 e. The van der Waals surface area contributed by atoms with Crippen LogP contribution in [0.2, 0.25) is 0 Å². The second-order valence-corrected chi connectivity index (χ2v) is 7.04. The van der Waals surface area contributed by atoms with Crippen molar-refractivity contribution in [1.29, 1.82) is 0 Å². The Morgan fingerprint density at radius 2 is 1.70 bits per heavy atom. The molecule has 1 heterocycles. The van der Waals surface area contributed by atoms with Gasteiger partial charge in [-0.2, -0.15) is 13.9 Å². The second kappa shape index (κ2) is 9.47. The predicted octanol–water partition coefficient (Wildman–Crippen LogP) is 4.31. The molecule has 0 unspecified atom stereocenters. The van der Waals surface area contributed by atoms with Gasteiger partial charge in [0.2, 0.25) is 0 Å². The van der Waals surface area contributed by atoms with Crippen molar-refractivity contribution in [2.75, 3.05) is 12.4 Å². The Labute approximate surface area is 187 Å². The number of halogens is 2. The van der Waals surface area contributed by atoms with E-state index in [1.165, 1.54) is 30.0 Å². The Morgan fingerprint density at radius 3 is 2.39 bits per heavy atom. The summed E-state index contributed by atoms with van der Waals surface area (Å²) in [5.41, 5.74) is 0.733. The zero-order valence-electron chi connectivity index (χ0n) is 17.5. The minimum atomic E-state index is -3.06. The average molecular weight is 451 g/mol. The molecule has 0 saturated heterocycles. The van der Waals surface area contributed by atoms with Crippen LogP contribution in [-0.2, 0) is 6.54 Å². The third-order valence-electron chi connectivity index (χ3n) is 4.90. The van der Waals surface area contributed by atoms with Crippen molar-refractivity contribution in [2.24, 2.45) is 0 Å². The number of amides is 1. The molecule has 0 saturated carbocycles. The number of aromatic nitrogens is 2. The maximum atomic E-state index is 13.1. The molecule has 7 nitrogen and oxygen atoms in total. The van der Waals surface area contributed by atoms with Crippen LogP contribution in [0.1, 0.15) is 16.1 Å². The smallest absolute Gasteiger partial charge is 0.387 e. The lowest BCUT2D eigenvalue weighted by atomic mass is 10.1. The second-order valence-electron chi connectivity index (χ2n) is 7.04. The Hall–Kier alpha value is -4.27. The number of hydrogen-bond donors (Lipinski definition) is 1. The lowest BCUT2D eigenvalue weighted by Crippen LogP contribution is -2.28. The number of rotatable bonds is 7. The van der Waals surface area contributed by atoms with Gasteiger partial charge in [-0.1, -0.05) is 48.5 Å². The van der Waals surface area contributed by atoms with E-state index < -0.39 is 12.5 Å². The Kier molecular flexibility index (Phi) is 6.30. The van der Waals surface area contributed by atoms with Crippen LogP contribution >= 0.6 is 0 Å². The molecule has 33 heavy (non-hydrogen) atoms. The zero-order chi connectivity index (χ0) is 23.4. The van der Waals surface area contributed by atoms with E-state index in [1.54, 1.807) is 24.3 Å². The van der Waals surface area contributed by atoms with Gasteiger partial charge in [0, 0.05) is 17.1 Å². The molecule has 0 atom stereocenters. The first-order chi connectivity index (χ1) is 16.0. The summed E-state index contributed by atoms with van der Waals surface area (Å²) in [5, 5.41) is 7.66. The third kappa shape index (κ3) is 4.82. The largest absolute Gasteiger partial charge is 0.493 e. The molecule has 1 N–H and O–H groups in total. The van der Waals surface area contributed by atoms with Gasteiger partial charge in [0.15, 0.2) is 17.2 Å².